The molecule has 0 spiro atoms. The fraction of sp³-hybridized carbons (Fsp3) is 0.0714. The van der Waals surface area contributed by atoms with Crippen LogP contribution in [-0.4, -0.2) is 15.1 Å². The summed E-state index contributed by atoms with van der Waals surface area (Å²) in [6.07, 6.45) is 0. The molecule has 0 radical (unpaired) electrons. The van der Waals surface area contributed by atoms with Gasteiger partial charge in [0.2, 0.25) is 0 Å². The summed E-state index contributed by atoms with van der Waals surface area (Å²) >= 11 is 0. The number of hydrogen-bond acceptors (Lipinski definition) is 2. The molecule has 3 nitrogen and oxygen atoms in total. The van der Waals surface area contributed by atoms with Crippen LogP contribution < -0.4 is 0 Å². The third-order valence-electron chi connectivity index (χ3n) is 2.79. The molecule has 17 heavy (non-hydrogen) atoms. The molecule has 3 aromatic rings. The highest BCUT2D eigenvalue weighted by molar-refractivity contribution is 5.80. The Balaban J connectivity index is 2.14. The number of phenols is 1. The van der Waals surface area contributed by atoms with Crippen molar-refractivity contribution in [2.24, 2.45) is 0 Å². The van der Waals surface area contributed by atoms with Gasteiger partial charge in [-0.15, -0.1) is 0 Å². The summed E-state index contributed by atoms with van der Waals surface area (Å²) in [5, 5.41) is 9.40. The molecule has 0 atom stereocenters. The van der Waals surface area contributed by atoms with Crippen LogP contribution in [0.4, 0.5) is 0 Å². The van der Waals surface area contributed by atoms with E-state index in [1.54, 1.807) is 18.2 Å². The molecule has 0 aliphatic heterocycles. The average Bonchev–Trinajstić information content (AvgIpc) is 2.72. The third-order valence-corrected chi connectivity index (χ3v) is 2.79. The van der Waals surface area contributed by atoms with Crippen molar-refractivity contribution in [1.82, 2.24) is 9.97 Å². The molecule has 0 saturated carbocycles. The van der Waals surface area contributed by atoms with Crippen LogP contribution in [0, 0.1) is 6.92 Å². The van der Waals surface area contributed by atoms with E-state index < -0.39 is 0 Å². The molecule has 0 aliphatic carbocycles. The minimum absolute atomic E-state index is 0.247. The van der Waals surface area contributed by atoms with Crippen LogP contribution in [0.3, 0.4) is 0 Å². The number of imidazole rings is 1. The van der Waals surface area contributed by atoms with E-state index in [2.05, 4.69) is 29.0 Å². The van der Waals surface area contributed by atoms with Gasteiger partial charge in [-0.1, -0.05) is 29.8 Å². The summed E-state index contributed by atoms with van der Waals surface area (Å²) < 4.78 is 0. The molecule has 2 N–H and O–H groups in total. The highest BCUT2D eigenvalue weighted by atomic mass is 16.3. The largest absolute Gasteiger partial charge is 0.508 e. The third kappa shape index (κ3) is 1.76. The summed E-state index contributed by atoms with van der Waals surface area (Å²) in [4.78, 5) is 7.69. The number of aromatic nitrogens is 2. The van der Waals surface area contributed by atoms with E-state index in [0.717, 1.165) is 22.4 Å². The Kier molecular flexibility index (Phi) is 2.11. The lowest BCUT2D eigenvalue weighted by molar-refractivity contribution is 0.476. The van der Waals surface area contributed by atoms with Crippen LogP contribution in [0.25, 0.3) is 22.4 Å². The lowest BCUT2D eigenvalue weighted by atomic mass is 10.1. The zero-order chi connectivity index (χ0) is 11.8. The Labute approximate surface area is 98.8 Å². The van der Waals surface area contributed by atoms with Crippen LogP contribution in [0.2, 0.25) is 0 Å². The molecular weight excluding hydrogens is 212 g/mol. The SMILES string of the molecule is Cc1ccc(-c2nc3ccc(O)cc3[nH]2)cc1. The predicted octanol–water partition coefficient (Wildman–Crippen LogP) is 3.24. The first kappa shape index (κ1) is 9.90. The van der Waals surface area contributed by atoms with Crippen molar-refractivity contribution in [1.29, 1.82) is 0 Å². The molecule has 0 saturated heterocycles. The van der Waals surface area contributed by atoms with Crippen LogP contribution in [0.15, 0.2) is 42.5 Å². The summed E-state index contributed by atoms with van der Waals surface area (Å²) in [6, 6.07) is 13.3. The second-order valence-corrected chi connectivity index (χ2v) is 4.15. The van der Waals surface area contributed by atoms with Gasteiger partial charge in [-0.25, -0.2) is 4.98 Å². The number of rotatable bonds is 1. The lowest BCUT2D eigenvalue weighted by Gasteiger charge is -1.96. The van der Waals surface area contributed by atoms with E-state index in [9.17, 15) is 5.11 Å². The second-order valence-electron chi connectivity index (χ2n) is 4.15. The van der Waals surface area contributed by atoms with Gasteiger partial charge in [0, 0.05) is 11.6 Å². The zero-order valence-electron chi connectivity index (χ0n) is 9.44. The van der Waals surface area contributed by atoms with E-state index in [1.165, 1.54) is 5.56 Å². The molecule has 0 amide bonds. The topological polar surface area (TPSA) is 48.9 Å². The van der Waals surface area contributed by atoms with Gasteiger partial charge >= 0.3 is 0 Å². The van der Waals surface area contributed by atoms with Crippen molar-refractivity contribution in [2.45, 2.75) is 6.92 Å². The zero-order valence-corrected chi connectivity index (χ0v) is 9.44. The molecule has 0 fully saturated rings. The molecule has 0 bridgehead atoms. The van der Waals surface area contributed by atoms with Crippen LogP contribution >= 0.6 is 0 Å². The molecule has 1 heterocycles. The molecule has 84 valence electrons. The first-order valence-corrected chi connectivity index (χ1v) is 5.48. The number of nitrogens with one attached hydrogen (secondary N) is 1. The van der Waals surface area contributed by atoms with Gasteiger partial charge in [-0.3, -0.25) is 0 Å². The van der Waals surface area contributed by atoms with Crippen molar-refractivity contribution in [3.8, 4) is 17.1 Å². The maximum absolute atomic E-state index is 9.40. The number of nitrogens with zero attached hydrogens (tertiary/aromatic N) is 1. The van der Waals surface area contributed by atoms with Gasteiger partial charge < -0.3 is 10.1 Å². The smallest absolute Gasteiger partial charge is 0.138 e. The molecule has 1 aromatic heterocycles. The molecule has 2 aromatic carbocycles. The van der Waals surface area contributed by atoms with Gasteiger partial charge in [-0.05, 0) is 19.1 Å². The van der Waals surface area contributed by atoms with E-state index in [0.29, 0.717) is 0 Å². The van der Waals surface area contributed by atoms with Crippen molar-refractivity contribution in [2.75, 3.05) is 0 Å². The van der Waals surface area contributed by atoms with Gasteiger partial charge in [-0.2, -0.15) is 0 Å². The van der Waals surface area contributed by atoms with Crippen LogP contribution in [0.1, 0.15) is 5.56 Å². The van der Waals surface area contributed by atoms with Crippen molar-refractivity contribution >= 4 is 11.0 Å². The molecule has 3 heteroatoms. The van der Waals surface area contributed by atoms with Crippen molar-refractivity contribution in [3.63, 3.8) is 0 Å². The first-order valence-electron chi connectivity index (χ1n) is 5.48. The number of benzene rings is 2. The number of phenolic OH excluding ortho intramolecular Hbond substituents is 1. The fourth-order valence-corrected chi connectivity index (χ4v) is 1.85. The van der Waals surface area contributed by atoms with E-state index >= 15 is 0 Å². The summed E-state index contributed by atoms with van der Waals surface area (Å²) in [5.41, 5.74) is 3.98. The summed E-state index contributed by atoms with van der Waals surface area (Å²) in [7, 11) is 0. The number of aromatic hydroxyl groups is 1. The number of aromatic amines is 1. The normalized spacial score (nSPS) is 10.9. The highest BCUT2D eigenvalue weighted by Gasteiger charge is 2.05. The standard InChI is InChI=1S/C14H12N2O/c1-9-2-4-10(5-3-9)14-15-12-7-6-11(17)8-13(12)16-14/h2-8,17H,1H3,(H,15,16). The quantitative estimate of drug-likeness (QED) is 0.666. The first-order chi connectivity index (χ1) is 8.22. The van der Waals surface area contributed by atoms with Gasteiger partial charge in [0.1, 0.15) is 11.6 Å². The van der Waals surface area contributed by atoms with E-state index in [1.807, 2.05) is 12.1 Å². The van der Waals surface area contributed by atoms with Gasteiger partial charge in [0.15, 0.2) is 0 Å². The maximum Gasteiger partial charge on any atom is 0.138 e. The Morgan fingerprint density at radius 1 is 1.06 bits per heavy atom. The van der Waals surface area contributed by atoms with Gasteiger partial charge in [0.05, 0.1) is 11.0 Å². The van der Waals surface area contributed by atoms with E-state index in [-0.39, 0.29) is 5.75 Å². The number of fused-ring (bicyclic) bond motifs is 1. The summed E-state index contributed by atoms with van der Waals surface area (Å²) in [5.74, 6) is 1.07. The van der Waals surface area contributed by atoms with Gasteiger partial charge in [0.25, 0.3) is 0 Å². The number of hydrogen-bond donors (Lipinski definition) is 2. The predicted molar refractivity (Wildman–Crippen MR) is 67.9 cm³/mol. The highest BCUT2D eigenvalue weighted by Crippen LogP contribution is 2.23. The molecular formula is C14H12N2O. The molecule has 0 unspecified atom stereocenters. The van der Waals surface area contributed by atoms with Crippen molar-refractivity contribution in [3.05, 3.63) is 48.0 Å². The Morgan fingerprint density at radius 2 is 1.82 bits per heavy atom. The Morgan fingerprint density at radius 3 is 2.59 bits per heavy atom. The number of H-pyrrole nitrogens is 1. The minimum atomic E-state index is 0.247. The fourth-order valence-electron chi connectivity index (χ4n) is 1.85. The summed E-state index contributed by atoms with van der Waals surface area (Å²) in [6.45, 7) is 2.06. The Bertz CT molecular complexity index is 668. The monoisotopic (exact) mass is 224 g/mol. The molecule has 3 rings (SSSR count). The van der Waals surface area contributed by atoms with E-state index in [4.69, 9.17) is 0 Å². The minimum Gasteiger partial charge on any atom is -0.508 e. The van der Waals surface area contributed by atoms with Crippen molar-refractivity contribution < 1.29 is 5.11 Å². The van der Waals surface area contributed by atoms with Crippen LogP contribution in [0.5, 0.6) is 5.75 Å². The second kappa shape index (κ2) is 3.63. The van der Waals surface area contributed by atoms with Crippen LogP contribution in [-0.2, 0) is 0 Å². The maximum atomic E-state index is 9.40. The Hall–Kier alpha value is -2.29. The molecule has 0 aliphatic rings. The lowest BCUT2D eigenvalue weighted by Crippen LogP contribution is -1.80. The average molecular weight is 224 g/mol. The number of aryl methyl sites for hydroxylation is 1.